The van der Waals surface area contributed by atoms with Gasteiger partial charge in [-0.15, -0.1) is 24.0 Å². The summed E-state index contributed by atoms with van der Waals surface area (Å²) in [5.41, 5.74) is 8.67. The predicted octanol–water partition coefficient (Wildman–Crippen LogP) is 4.19. The maximum absolute atomic E-state index is 6.05. The zero-order chi connectivity index (χ0) is 15.8. The van der Waals surface area contributed by atoms with Crippen molar-refractivity contribution in [3.8, 4) is 0 Å². The van der Waals surface area contributed by atoms with E-state index in [-0.39, 0.29) is 24.0 Å². The molecule has 23 heavy (non-hydrogen) atoms. The van der Waals surface area contributed by atoms with Crippen LogP contribution in [-0.4, -0.2) is 25.7 Å². The Labute approximate surface area is 157 Å². The summed E-state index contributed by atoms with van der Waals surface area (Å²) in [7, 11) is 0. The van der Waals surface area contributed by atoms with Gasteiger partial charge >= 0.3 is 0 Å². The van der Waals surface area contributed by atoms with Crippen molar-refractivity contribution in [1.82, 2.24) is 0 Å². The molecule has 0 heterocycles. The van der Waals surface area contributed by atoms with E-state index in [1.165, 1.54) is 24.8 Å². The van der Waals surface area contributed by atoms with E-state index < -0.39 is 0 Å². The van der Waals surface area contributed by atoms with Crippen LogP contribution in [0.4, 0.5) is 5.69 Å². The van der Waals surface area contributed by atoms with Gasteiger partial charge in [-0.1, -0.05) is 25.5 Å². The highest BCUT2D eigenvalue weighted by Crippen LogP contribution is 2.44. The van der Waals surface area contributed by atoms with Gasteiger partial charge in [0, 0.05) is 25.4 Å². The third-order valence-electron chi connectivity index (χ3n) is 4.59. The van der Waals surface area contributed by atoms with Gasteiger partial charge in [0.1, 0.15) is 0 Å². The fraction of sp³-hybridized carbons (Fsp3) is 0.611. The van der Waals surface area contributed by atoms with Gasteiger partial charge in [-0.2, -0.15) is 0 Å². The molecule has 5 heteroatoms. The van der Waals surface area contributed by atoms with Crippen LogP contribution in [0.3, 0.4) is 0 Å². The van der Waals surface area contributed by atoms with Gasteiger partial charge in [0.15, 0.2) is 5.96 Å². The molecule has 1 aromatic rings. The second-order valence-corrected chi connectivity index (χ2v) is 6.18. The molecule has 3 N–H and O–H groups in total. The van der Waals surface area contributed by atoms with Crippen molar-refractivity contribution >= 4 is 35.6 Å². The summed E-state index contributed by atoms with van der Waals surface area (Å²) in [6.45, 7) is 6.61. The Balaban J connectivity index is 0.00000264. The molecule has 2 rings (SSSR count). The van der Waals surface area contributed by atoms with Crippen LogP contribution in [0.15, 0.2) is 29.3 Å². The second-order valence-electron chi connectivity index (χ2n) is 6.18. The molecule has 1 aromatic carbocycles. The van der Waals surface area contributed by atoms with Crippen molar-refractivity contribution in [3.63, 3.8) is 0 Å². The summed E-state index contributed by atoms with van der Waals surface area (Å²) in [6.07, 6.45) is 5.88. The Morgan fingerprint density at radius 1 is 1.35 bits per heavy atom. The van der Waals surface area contributed by atoms with Crippen molar-refractivity contribution in [2.75, 3.05) is 25.1 Å². The predicted molar refractivity (Wildman–Crippen MR) is 109 cm³/mol. The number of nitrogens with zero attached hydrogens (tertiary/aromatic N) is 1. The molecule has 1 fully saturated rings. The number of nitrogens with one attached hydrogen (secondary N) is 1. The van der Waals surface area contributed by atoms with Gasteiger partial charge in [-0.3, -0.25) is 4.99 Å². The highest BCUT2D eigenvalue weighted by atomic mass is 127. The SMILES string of the molecule is CCOCCC1(CN=C(N)Nc2cccc(CC)c2)CCC1.I. The molecular weight excluding hydrogens is 401 g/mol. The molecule has 1 aliphatic rings. The van der Waals surface area contributed by atoms with Gasteiger partial charge in [-0.25, -0.2) is 0 Å². The van der Waals surface area contributed by atoms with Crippen LogP contribution in [0.2, 0.25) is 0 Å². The standard InChI is InChI=1S/C18H29N3O.HI/c1-3-15-7-5-8-16(13-15)21-17(19)20-14-18(9-6-10-18)11-12-22-4-2;/h5,7-8,13H,3-4,6,9-12,14H2,1-2H3,(H3,19,20,21);1H. The number of anilines is 1. The summed E-state index contributed by atoms with van der Waals surface area (Å²) in [6, 6.07) is 8.31. The molecule has 0 unspecified atom stereocenters. The Morgan fingerprint density at radius 3 is 2.74 bits per heavy atom. The van der Waals surface area contributed by atoms with Crippen LogP contribution >= 0.6 is 24.0 Å². The lowest BCUT2D eigenvalue weighted by molar-refractivity contribution is 0.0610. The molecule has 1 saturated carbocycles. The number of halogens is 1. The van der Waals surface area contributed by atoms with E-state index in [4.69, 9.17) is 10.5 Å². The highest BCUT2D eigenvalue weighted by Gasteiger charge is 2.36. The molecule has 0 amide bonds. The largest absolute Gasteiger partial charge is 0.382 e. The summed E-state index contributed by atoms with van der Waals surface area (Å²) in [5.74, 6) is 0.510. The first-order valence-electron chi connectivity index (χ1n) is 8.41. The molecule has 0 bridgehead atoms. The minimum atomic E-state index is 0. The summed E-state index contributed by atoms with van der Waals surface area (Å²) in [5, 5.41) is 3.20. The zero-order valence-corrected chi connectivity index (χ0v) is 16.6. The van der Waals surface area contributed by atoms with Crippen LogP contribution in [0.25, 0.3) is 0 Å². The molecule has 0 aliphatic heterocycles. The Morgan fingerprint density at radius 2 is 2.13 bits per heavy atom. The van der Waals surface area contributed by atoms with E-state index in [2.05, 4.69) is 29.4 Å². The molecule has 0 radical (unpaired) electrons. The zero-order valence-electron chi connectivity index (χ0n) is 14.3. The average molecular weight is 431 g/mol. The van der Waals surface area contributed by atoms with Gasteiger partial charge in [-0.05, 0) is 55.7 Å². The maximum Gasteiger partial charge on any atom is 0.193 e. The van der Waals surface area contributed by atoms with Crippen molar-refractivity contribution in [2.24, 2.45) is 16.1 Å². The van der Waals surface area contributed by atoms with Crippen LogP contribution in [0.1, 0.15) is 45.1 Å². The second kappa shape index (κ2) is 10.1. The Kier molecular flexibility index (Phi) is 8.91. The molecule has 0 spiro atoms. The quantitative estimate of drug-likeness (QED) is 0.281. The molecule has 0 aromatic heterocycles. The molecule has 4 nitrogen and oxygen atoms in total. The number of guanidine groups is 1. The van der Waals surface area contributed by atoms with Crippen LogP contribution < -0.4 is 11.1 Å². The monoisotopic (exact) mass is 431 g/mol. The Bertz CT molecular complexity index is 501. The average Bonchev–Trinajstić information content (AvgIpc) is 2.49. The van der Waals surface area contributed by atoms with Gasteiger partial charge in [0.05, 0.1) is 0 Å². The van der Waals surface area contributed by atoms with Gasteiger partial charge in [0.2, 0.25) is 0 Å². The number of benzene rings is 1. The van der Waals surface area contributed by atoms with Gasteiger partial charge < -0.3 is 15.8 Å². The van der Waals surface area contributed by atoms with Crippen LogP contribution in [-0.2, 0) is 11.2 Å². The number of rotatable bonds is 8. The van der Waals surface area contributed by atoms with Crippen LogP contribution in [0.5, 0.6) is 0 Å². The lowest BCUT2D eigenvalue weighted by Gasteiger charge is -2.40. The first-order chi connectivity index (χ1) is 10.7. The summed E-state index contributed by atoms with van der Waals surface area (Å²) < 4.78 is 5.50. The van der Waals surface area contributed by atoms with Crippen molar-refractivity contribution in [2.45, 2.75) is 46.0 Å². The molecule has 0 atom stereocenters. The van der Waals surface area contributed by atoms with Crippen molar-refractivity contribution in [1.29, 1.82) is 0 Å². The van der Waals surface area contributed by atoms with E-state index >= 15 is 0 Å². The smallest absolute Gasteiger partial charge is 0.193 e. The van der Waals surface area contributed by atoms with E-state index in [0.29, 0.717) is 11.4 Å². The summed E-state index contributed by atoms with van der Waals surface area (Å²) >= 11 is 0. The minimum Gasteiger partial charge on any atom is -0.382 e. The van der Waals surface area contributed by atoms with E-state index in [0.717, 1.165) is 38.3 Å². The molecule has 1 aliphatic carbocycles. The fourth-order valence-corrected chi connectivity index (χ4v) is 2.91. The lowest BCUT2D eigenvalue weighted by atomic mass is 9.67. The van der Waals surface area contributed by atoms with Crippen molar-refractivity contribution < 1.29 is 4.74 Å². The normalized spacial score (nSPS) is 16.3. The van der Waals surface area contributed by atoms with E-state index in [1.54, 1.807) is 0 Å². The third kappa shape index (κ3) is 6.30. The minimum absolute atomic E-state index is 0. The number of hydrogen-bond donors (Lipinski definition) is 2. The first kappa shape index (κ1) is 20.2. The molecule has 130 valence electrons. The lowest BCUT2D eigenvalue weighted by Crippen LogP contribution is -2.35. The number of hydrogen-bond acceptors (Lipinski definition) is 2. The molecular formula is C18H30IN3O. The maximum atomic E-state index is 6.05. The van der Waals surface area contributed by atoms with Crippen molar-refractivity contribution in [3.05, 3.63) is 29.8 Å². The fourth-order valence-electron chi connectivity index (χ4n) is 2.91. The Hall–Kier alpha value is -0.820. The topological polar surface area (TPSA) is 59.6 Å². The highest BCUT2D eigenvalue weighted by molar-refractivity contribution is 14.0. The number of nitrogens with two attached hydrogens (primary N) is 1. The first-order valence-corrected chi connectivity index (χ1v) is 8.41. The number of ether oxygens (including phenoxy) is 1. The summed E-state index contributed by atoms with van der Waals surface area (Å²) in [4.78, 5) is 4.58. The van der Waals surface area contributed by atoms with Crippen LogP contribution in [0, 0.1) is 5.41 Å². The third-order valence-corrected chi connectivity index (χ3v) is 4.59. The number of aryl methyl sites for hydroxylation is 1. The number of aliphatic imine (C=N–C) groups is 1. The van der Waals surface area contributed by atoms with E-state index in [9.17, 15) is 0 Å². The molecule has 0 saturated heterocycles. The van der Waals surface area contributed by atoms with E-state index in [1.807, 2.05) is 19.1 Å². The van der Waals surface area contributed by atoms with Gasteiger partial charge in [0.25, 0.3) is 0 Å².